The molecule has 37 heavy (non-hydrogen) atoms. The smallest absolute Gasteiger partial charge is 0.270 e. The molecule has 0 N–H and O–H groups in total. The van der Waals surface area contributed by atoms with Crippen molar-refractivity contribution < 1.29 is 9.49 Å². The highest BCUT2D eigenvalue weighted by atomic mass is 32.2. The van der Waals surface area contributed by atoms with E-state index in [9.17, 15) is 10.1 Å². The number of non-ortho nitro benzene ring substituents is 1. The van der Waals surface area contributed by atoms with E-state index < -0.39 is 0 Å². The Morgan fingerprint density at radius 1 is 1.03 bits per heavy atom. The molecule has 0 bridgehead atoms. The minimum absolute atomic E-state index is 0.137. The number of aromatic nitrogens is 1. The molecule has 0 fully saturated rings. The van der Waals surface area contributed by atoms with Gasteiger partial charge in [-0.05, 0) is 48.1 Å². The number of thioether (sulfide) groups is 1. The summed E-state index contributed by atoms with van der Waals surface area (Å²) in [6.45, 7) is 5.22. The third-order valence-corrected chi connectivity index (χ3v) is 8.34. The Hall–Kier alpha value is -3.64. The quantitative estimate of drug-likeness (QED) is 0.104. The van der Waals surface area contributed by atoms with E-state index in [4.69, 9.17) is 0 Å². The molecule has 2 heterocycles. The van der Waals surface area contributed by atoms with Crippen LogP contribution in [0.5, 0.6) is 0 Å². The van der Waals surface area contributed by atoms with Crippen molar-refractivity contribution in [3.05, 3.63) is 99.2 Å². The first-order valence-corrected chi connectivity index (χ1v) is 13.7. The predicted octanol–water partition coefficient (Wildman–Crippen LogP) is 8.17. The highest BCUT2D eigenvalue weighted by Gasteiger charge is 2.25. The lowest BCUT2D eigenvalue weighted by Gasteiger charge is -2.13. The Balaban J connectivity index is 1.43. The van der Waals surface area contributed by atoms with E-state index in [1.54, 1.807) is 23.9 Å². The first-order chi connectivity index (χ1) is 18.0. The van der Waals surface area contributed by atoms with Crippen LogP contribution in [-0.4, -0.2) is 12.0 Å². The van der Waals surface area contributed by atoms with Crippen molar-refractivity contribution in [1.82, 2.24) is 0 Å². The van der Waals surface area contributed by atoms with Gasteiger partial charge in [0.2, 0.25) is 5.52 Å². The van der Waals surface area contributed by atoms with Gasteiger partial charge in [0, 0.05) is 48.0 Å². The van der Waals surface area contributed by atoms with Gasteiger partial charge in [0.15, 0.2) is 6.20 Å². The summed E-state index contributed by atoms with van der Waals surface area (Å²) in [6, 6.07) is 18.3. The number of aryl methyl sites for hydroxylation is 2. The zero-order chi connectivity index (χ0) is 25.9. The number of nitro benzene ring substituents is 1. The zero-order valence-electron chi connectivity index (χ0n) is 21.6. The SMILES string of the molecule is CCCCCC[n+]1ccc(C=CC=C2Sc3c(ccc4c(C)cc([N+](=O)[O-])cc34)N2C)c2ccccc21. The number of pyridine rings is 1. The molecule has 0 radical (unpaired) electrons. The number of anilines is 1. The van der Waals surface area contributed by atoms with Crippen molar-refractivity contribution in [2.45, 2.75) is 51.0 Å². The van der Waals surface area contributed by atoms with E-state index in [2.05, 4.69) is 83.3 Å². The molecule has 0 saturated heterocycles. The summed E-state index contributed by atoms with van der Waals surface area (Å²) in [6.07, 6.45) is 13.6. The topological polar surface area (TPSA) is 50.3 Å². The minimum atomic E-state index is -0.312. The lowest BCUT2D eigenvalue weighted by molar-refractivity contribution is -0.671. The molecule has 4 aromatic rings. The van der Waals surface area contributed by atoms with Crippen molar-refractivity contribution in [2.24, 2.45) is 0 Å². The van der Waals surface area contributed by atoms with Crippen LogP contribution >= 0.6 is 11.8 Å². The molecule has 0 saturated carbocycles. The van der Waals surface area contributed by atoms with Gasteiger partial charge < -0.3 is 4.90 Å². The molecule has 6 heteroatoms. The van der Waals surface area contributed by atoms with Gasteiger partial charge in [-0.25, -0.2) is 0 Å². The highest BCUT2D eigenvalue weighted by Crippen LogP contribution is 2.49. The number of hydrogen-bond acceptors (Lipinski definition) is 4. The Labute approximate surface area is 222 Å². The van der Waals surface area contributed by atoms with Crippen LogP contribution < -0.4 is 9.47 Å². The van der Waals surface area contributed by atoms with Crippen LogP contribution in [-0.2, 0) is 6.54 Å². The van der Waals surface area contributed by atoms with Crippen LogP contribution in [0.25, 0.3) is 27.8 Å². The monoisotopic (exact) mass is 510 g/mol. The van der Waals surface area contributed by atoms with Gasteiger partial charge in [-0.3, -0.25) is 10.1 Å². The van der Waals surface area contributed by atoms with Crippen LogP contribution in [0.2, 0.25) is 0 Å². The molecule has 1 aliphatic rings. The second-order valence-electron chi connectivity index (χ2n) is 9.60. The van der Waals surface area contributed by atoms with Gasteiger partial charge >= 0.3 is 0 Å². The summed E-state index contributed by atoms with van der Waals surface area (Å²) >= 11 is 1.67. The molecule has 0 atom stereocenters. The number of rotatable bonds is 8. The Morgan fingerprint density at radius 3 is 2.68 bits per heavy atom. The second-order valence-corrected chi connectivity index (χ2v) is 10.6. The number of para-hydroxylation sites is 1. The van der Waals surface area contributed by atoms with Gasteiger partial charge in [-0.15, -0.1) is 0 Å². The van der Waals surface area contributed by atoms with Crippen molar-refractivity contribution in [3.8, 4) is 0 Å². The fraction of sp³-hybridized carbons (Fsp3) is 0.258. The summed E-state index contributed by atoms with van der Waals surface area (Å²) in [7, 11) is 2.05. The molecule has 0 spiro atoms. The van der Waals surface area contributed by atoms with E-state index >= 15 is 0 Å². The molecule has 0 unspecified atom stereocenters. The van der Waals surface area contributed by atoms with E-state index in [0.717, 1.165) is 38.5 Å². The number of hydrogen-bond donors (Lipinski definition) is 0. The molecular formula is C31H32N3O2S+. The predicted molar refractivity (Wildman–Crippen MR) is 155 cm³/mol. The standard InChI is InChI=1S/C31H32N3O2S/c1-4-5-6-9-18-33-19-17-23(26-12-7-8-13-28(26)33)11-10-14-30-32(3)29-16-15-25-22(2)20-24(34(35)36)21-27(25)31(29)37-30/h7-8,10-17,19-21H,4-6,9,18H2,1-3H3/q+1. The van der Waals surface area contributed by atoms with Gasteiger partial charge in [0.1, 0.15) is 6.54 Å². The molecule has 5 rings (SSSR count). The minimum Gasteiger partial charge on any atom is -0.338 e. The molecule has 3 aromatic carbocycles. The fourth-order valence-corrected chi connectivity index (χ4v) is 6.25. The second kappa shape index (κ2) is 10.8. The average molecular weight is 511 g/mol. The van der Waals surface area contributed by atoms with Crippen LogP contribution in [0.3, 0.4) is 0 Å². The Kier molecular flexibility index (Phi) is 7.28. The van der Waals surface area contributed by atoms with E-state index in [0.29, 0.717) is 0 Å². The first kappa shape index (κ1) is 25.0. The summed E-state index contributed by atoms with van der Waals surface area (Å²) in [5.41, 5.74) is 4.59. The molecule has 1 aromatic heterocycles. The van der Waals surface area contributed by atoms with E-state index in [1.165, 1.54) is 42.1 Å². The lowest BCUT2D eigenvalue weighted by atomic mass is 10.0. The highest BCUT2D eigenvalue weighted by molar-refractivity contribution is 8.04. The lowest BCUT2D eigenvalue weighted by Crippen LogP contribution is -2.34. The van der Waals surface area contributed by atoms with Crippen LogP contribution in [0, 0.1) is 17.0 Å². The van der Waals surface area contributed by atoms with Crippen LogP contribution in [0.1, 0.15) is 43.7 Å². The van der Waals surface area contributed by atoms with Crippen molar-refractivity contribution in [2.75, 3.05) is 11.9 Å². The largest absolute Gasteiger partial charge is 0.338 e. The third-order valence-electron chi connectivity index (χ3n) is 7.09. The third kappa shape index (κ3) is 4.98. The number of nitrogens with zero attached hydrogens (tertiary/aromatic N) is 3. The molecule has 0 amide bonds. The van der Waals surface area contributed by atoms with Gasteiger partial charge in [-0.1, -0.05) is 61.9 Å². The first-order valence-electron chi connectivity index (χ1n) is 12.9. The van der Waals surface area contributed by atoms with Crippen molar-refractivity contribution in [3.63, 3.8) is 0 Å². The molecule has 0 aliphatic carbocycles. The number of benzene rings is 3. The van der Waals surface area contributed by atoms with Crippen LogP contribution in [0.15, 0.2) is 82.9 Å². The molecular weight excluding hydrogens is 478 g/mol. The Bertz CT molecular complexity index is 1560. The number of fused-ring (bicyclic) bond motifs is 4. The van der Waals surface area contributed by atoms with Gasteiger partial charge in [0.25, 0.3) is 5.69 Å². The number of nitro groups is 1. The summed E-state index contributed by atoms with van der Waals surface area (Å²) in [5.74, 6) is 0. The zero-order valence-corrected chi connectivity index (χ0v) is 22.4. The summed E-state index contributed by atoms with van der Waals surface area (Å²) < 4.78 is 2.37. The van der Waals surface area contributed by atoms with E-state index in [-0.39, 0.29) is 10.6 Å². The maximum atomic E-state index is 11.5. The molecule has 188 valence electrons. The van der Waals surface area contributed by atoms with Crippen LogP contribution in [0.4, 0.5) is 11.4 Å². The van der Waals surface area contributed by atoms with Gasteiger partial charge in [-0.2, -0.15) is 4.57 Å². The maximum absolute atomic E-state index is 11.5. The Morgan fingerprint density at radius 2 is 1.86 bits per heavy atom. The van der Waals surface area contributed by atoms with Gasteiger partial charge in [0.05, 0.1) is 21.0 Å². The summed E-state index contributed by atoms with van der Waals surface area (Å²) in [4.78, 5) is 14.4. The maximum Gasteiger partial charge on any atom is 0.270 e. The van der Waals surface area contributed by atoms with Crippen molar-refractivity contribution >= 4 is 50.9 Å². The summed E-state index contributed by atoms with van der Waals surface area (Å²) in [5, 5.41) is 15.8. The fourth-order valence-electron chi connectivity index (χ4n) is 5.07. The van der Waals surface area contributed by atoms with Crippen molar-refractivity contribution in [1.29, 1.82) is 0 Å². The molecule has 1 aliphatic heterocycles. The number of allylic oxidation sites excluding steroid dienone is 2. The van der Waals surface area contributed by atoms with E-state index in [1.807, 2.05) is 14.0 Å². The normalized spacial score (nSPS) is 14.4. The number of unbranched alkanes of at least 4 members (excludes halogenated alkanes) is 3. The average Bonchev–Trinajstić information content (AvgIpc) is 3.23. The molecule has 5 nitrogen and oxygen atoms in total.